The molecule has 5 rings (SSSR count). The van der Waals surface area contributed by atoms with Crippen molar-refractivity contribution >= 4 is 40.6 Å². The molecule has 2 heterocycles. The smallest absolute Gasteiger partial charge is 0.323 e. The van der Waals surface area contributed by atoms with Crippen LogP contribution in [0.5, 0.6) is 5.75 Å². The largest absolute Gasteiger partial charge is 0.508 e. The van der Waals surface area contributed by atoms with E-state index in [-0.39, 0.29) is 11.4 Å². The van der Waals surface area contributed by atoms with Crippen LogP contribution in [0.25, 0.3) is 22.0 Å². The van der Waals surface area contributed by atoms with Crippen LogP contribution in [-0.4, -0.2) is 51.9 Å². The summed E-state index contributed by atoms with van der Waals surface area (Å²) in [6.07, 6.45) is 0.156. The predicted octanol–water partition coefficient (Wildman–Crippen LogP) is 3.15. The average Bonchev–Trinajstić information content (AvgIpc) is 3.23. The molecule has 1 aliphatic heterocycles. The van der Waals surface area contributed by atoms with Gasteiger partial charge in [-0.3, -0.25) is 24.3 Å². The summed E-state index contributed by atoms with van der Waals surface area (Å²) >= 11 is 0. The highest BCUT2D eigenvalue weighted by Crippen LogP contribution is 2.32. The van der Waals surface area contributed by atoms with Crippen molar-refractivity contribution in [3.8, 4) is 16.9 Å². The van der Waals surface area contributed by atoms with Crippen molar-refractivity contribution in [2.75, 3.05) is 11.4 Å². The highest BCUT2D eigenvalue weighted by Gasteiger charge is 2.32. The van der Waals surface area contributed by atoms with Crippen molar-refractivity contribution in [1.82, 2.24) is 10.3 Å². The third-order valence-electron chi connectivity index (χ3n) is 5.72. The van der Waals surface area contributed by atoms with Gasteiger partial charge in [-0.2, -0.15) is 0 Å². The fourth-order valence-electron chi connectivity index (χ4n) is 4.11. The van der Waals surface area contributed by atoms with E-state index in [4.69, 9.17) is 0 Å². The molecule has 0 bridgehead atoms. The van der Waals surface area contributed by atoms with Crippen LogP contribution in [0.2, 0.25) is 0 Å². The number of benzodiazepines with no additional fused rings is 1. The van der Waals surface area contributed by atoms with Gasteiger partial charge in [-0.25, -0.2) is 0 Å². The van der Waals surface area contributed by atoms with Crippen LogP contribution in [0, 0.1) is 0 Å². The molecule has 35 heavy (non-hydrogen) atoms. The molecular weight excluding hydrogens is 448 g/mol. The minimum absolute atomic E-state index is 0.0586. The van der Waals surface area contributed by atoms with Gasteiger partial charge in [-0.1, -0.05) is 42.5 Å². The number of nitrogens with one attached hydrogen (secondary N) is 2. The van der Waals surface area contributed by atoms with Crippen molar-refractivity contribution in [3.05, 3.63) is 84.1 Å². The second kappa shape index (κ2) is 8.79. The molecule has 0 aliphatic carbocycles. The number of aromatic hydroxyl groups is 1. The predicted molar refractivity (Wildman–Crippen MR) is 131 cm³/mol. The van der Waals surface area contributed by atoms with Gasteiger partial charge in [-0.15, -0.1) is 0 Å². The van der Waals surface area contributed by atoms with Crippen LogP contribution in [-0.2, 0) is 9.59 Å². The molecule has 1 aliphatic rings. The van der Waals surface area contributed by atoms with Crippen molar-refractivity contribution in [3.63, 3.8) is 0 Å². The minimum atomic E-state index is -1.34. The molecule has 3 aromatic carbocycles. The maximum absolute atomic E-state index is 13.4. The number of aliphatic carboxylic acids is 1. The maximum Gasteiger partial charge on any atom is 0.323 e. The number of aromatic nitrogens is 1. The van der Waals surface area contributed by atoms with E-state index in [0.29, 0.717) is 22.2 Å². The van der Waals surface area contributed by atoms with E-state index in [1.807, 2.05) is 36.4 Å². The number of phenolic OH excluding ortho intramolecular Hbond substituents is 1. The third kappa shape index (κ3) is 4.22. The van der Waals surface area contributed by atoms with E-state index in [2.05, 4.69) is 15.3 Å². The lowest BCUT2D eigenvalue weighted by Gasteiger charge is -2.24. The molecule has 4 aromatic rings. The average molecular weight is 468 g/mol. The summed E-state index contributed by atoms with van der Waals surface area (Å²) in [5.41, 5.74) is 3.42. The lowest BCUT2D eigenvalue weighted by molar-refractivity contribution is -0.136. The normalized spacial score (nSPS) is 15.0. The van der Waals surface area contributed by atoms with E-state index >= 15 is 0 Å². The number of benzene rings is 3. The number of nitrogens with zero attached hydrogens (tertiary/aromatic N) is 2. The molecule has 0 saturated heterocycles. The van der Waals surface area contributed by atoms with Crippen LogP contribution in [0.1, 0.15) is 16.1 Å². The standard InChI is InChI=1S/C26H20N4O5/c31-17-9-10-20-16(11-17)12-21(28-20)25(34)29-24-26(35)30(14-23(32)33)22-8-4-7-18(19(22)13-27-24)15-5-2-1-3-6-15/h1-13,24,28,31H,14H2,(H,29,34)(H,32,33). The van der Waals surface area contributed by atoms with Gasteiger partial charge >= 0.3 is 5.97 Å². The zero-order valence-corrected chi connectivity index (χ0v) is 18.3. The number of fused-ring (bicyclic) bond motifs is 2. The quantitative estimate of drug-likeness (QED) is 0.357. The topological polar surface area (TPSA) is 135 Å². The summed E-state index contributed by atoms with van der Waals surface area (Å²) in [6.45, 7) is -0.592. The third-order valence-corrected chi connectivity index (χ3v) is 5.72. The Morgan fingerprint density at radius 2 is 1.83 bits per heavy atom. The number of hydrogen-bond donors (Lipinski definition) is 4. The lowest BCUT2D eigenvalue weighted by atomic mass is 9.98. The number of aromatic amines is 1. The first kappa shape index (κ1) is 21.9. The first-order chi connectivity index (χ1) is 16.9. The van der Waals surface area contributed by atoms with Crippen LogP contribution in [0.15, 0.2) is 77.8 Å². The number of anilines is 1. The second-order valence-corrected chi connectivity index (χ2v) is 8.03. The monoisotopic (exact) mass is 468 g/mol. The Hall–Kier alpha value is -4.92. The summed E-state index contributed by atoms with van der Waals surface area (Å²) in [5, 5.41) is 22.4. The van der Waals surface area contributed by atoms with Crippen molar-refractivity contribution in [1.29, 1.82) is 0 Å². The van der Waals surface area contributed by atoms with E-state index in [0.717, 1.165) is 16.0 Å². The highest BCUT2D eigenvalue weighted by atomic mass is 16.4. The molecule has 174 valence electrons. The van der Waals surface area contributed by atoms with E-state index in [1.54, 1.807) is 24.3 Å². The Morgan fingerprint density at radius 1 is 1.03 bits per heavy atom. The molecule has 9 heteroatoms. The molecule has 9 nitrogen and oxygen atoms in total. The van der Waals surface area contributed by atoms with Crippen LogP contribution < -0.4 is 10.2 Å². The number of amides is 2. The second-order valence-electron chi connectivity index (χ2n) is 8.03. The van der Waals surface area contributed by atoms with Gasteiger partial charge < -0.3 is 20.5 Å². The summed E-state index contributed by atoms with van der Waals surface area (Å²) in [6, 6.07) is 20.9. The first-order valence-electron chi connectivity index (χ1n) is 10.8. The van der Waals surface area contributed by atoms with Crippen molar-refractivity contribution < 1.29 is 24.6 Å². The number of rotatable bonds is 5. The fraction of sp³-hybridized carbons (Fsp3) is 0.0769. The van der Waals surface area contributed by atoms with Gasteiger partial charge in [0.25, 0.3) is 11.8 Å². The van der Waals surface area contributed by atoms with Crippen LogP contribution >= 0.6 is 0 Å². The number of H-pyrrole nitrogens is 1. The van der Waals surface area contributed by atoms with Gasteiger partial charge in [-0.05, 0) is 41.5 Å². The molecule has 1 aromatic heterocycles. The number of carbonyl (C=O) groups excluding carboxylic acids is 2. The number of hydrogen-bond acceptors (Lipinski definition) is 5. The summed E-state index contributed by atoms with van der Waals surface area (Å²) in [5.74, 6) is -2.41. The number of aliphatic imine (C=N–C) groups is 1. The summed E-state index contributed by atoms with van der Waals surface area (Å²) < 4.78 is 0. The lowest BCUT2D eigenvalue weighted by Crippen LogP contribution is -2.48. The number of phenols is 1. The minimum Gasteiger partial charge on any atom is -0.508 e. The summed E-state index contributed by atoms with van der Waals surface area (Å²) in [4.78, 5) is 46.3. The maximum atomic E-state index is 13.4. The van der Waals surface area contributed by atoms with Crippen LogP contribution in [0.4, 0.5) is 5.69 Å². The Labute approximate surface area is 199 Å². The number of carboxylic acid groups (broad SMARTS) is 1. The van der Waals surface area contributed by atoms with Crippen LogP contribution in [0.3, 0.4) is 0 Å². The van der Waals surface area contributed by atoms with E-state index in [9.17, 15) is 24.6 Å². The van der Waals surface area contributed by atoms with Gasteiger partial charge in [0.1, 0.15) is 18.0 Å². The number of carboxylic acids is 1. The Kier molecular flexibility index (Phi) is 5.50. The molecule has 0 fully saturated rings. The number of carbonyl (C=O) groups is 3. The van der Waals surface area contributed by atoms with Gasteiger partial charge in [0.05, 0.1) is 5.69 Å². The summed E-state index contributed by atoms with van der Waals surface area (Å²) in [7, 11) is 0. The zero-order valence-electron chi connectivity index (χ0n) is 18.3. The molecular formula is C26H20N4O5. The van der Waals surface area contributed by atoms with Gasteiger partial charge in [0.2, 0.25) is 6.17 Å². The van der Waals surface area contributed by atoms with E-state index in [1.165, 1.54) is 18.3 Å². The Balaban J connectivity index is 1.52. The Bertz CT molecular complexity index is 1490. The molecule has 2 amide bonds. The van der Waals surface area contributed by atoms with Crippen molar-refractivity contribution in [2.24, 2.45) is 4.99 Å². The SMILES string of the molecule is O=C(O)CN1C(=O)C(NC(=O)c2cc3cc(O)ccc3[nH]2)N=Cc2c(-c3ccccc3)cccc21. The van der Waals surface area contributed by atoms with E-state index < -0.39 is 30.5 Å². The molecule has 0 saturated carbocycles. The van der Waals surface area contributed by atoms with Gasteiger partial charge in [0.15, 0.2) is 0 Å². The Morgan fingerprint density at radius 3 is 2.60 bits per heavy atom. The molecule has 0 radical (unpaired) electrons. The fourth-order valence-corrected chi connectivity index (χ4v) is 4.11. The highest BCUT2D eigenvalue weighted by molar-refractivity contribution is 6.11. The first-order valence-corrected chi connectivity index (χ1v) is 10.8. The molecule has 4 N–H and O–H groups in total. The van der Waals surface area contributed by atoms with Crippen molar-refractivity contribution in [2.45, 2.75) is 6.17 Å². The molecule has 1 atom stereocenters. The zero-order chi connectivity index (χ0) is 24.5. The molecule has 0 spiro atoms. The van der Waals surface area contributed by atoms with Gasteiger partial charge in [0, 0.05) is 22.7 Å². The molecule has 1 unspecified atom stereocenters.